The van der Waals surface area contributed by atoms with Crippen LogP contribution in [0.3, 0.4) is 0 Å². The molecule has 5 nitrogen and oxygen atoms in total. The molecule has 6 heteroatoms. The van der Waals surface area contributed by atoms with Gasteiger partial charge in [-0.3, -0.25) is 9.59 Å². The van der Waals surface area contributed by atoms with Crippen LogP contribution in [0.5, 0.6) is 0 Å². The van der Waals surface area contributed by atoms with E-state index in [0.29, 0.717) is 16.4 Å². The normalized spacial score (nSPS) is 11.4. The van der Waals surface area contributed by atoms with Gasteiger partial charge in [-0.15, -0.1) is 0 Å². The average Bonchev–Trinajstić information content (AvgIpc) is 2.51. The van der Waals surface area contributed by atoms with E-state index in [1.165, 1.54) is 6.92 Å². The average molecular weight is 332 g/mol. The molecule has 2 amide bonds. The molecule has 0 aliphatic rings. The monoisotopic (exact) mass is 331 g/mol. The van der Waals surface area contributed by atoms with Gasteiger partial charge in [0.15, 0.2) is 0 Å². The first-order valence-corrected chi connectivity index (χ1v) is 7.52. The number of hydrogen-bond donors (Lipinski definition) is 3. The van der Waals surface area contributed by atoms with Crippen molar-refractivity contribution in [3.8, 4) is 0 Å². The van der Waals surface area contributed by atoms with Crippen molar-refractivity contribution in [2.75, 3.05) is 16.0 Å². The Morgan fingerprint density at radius 2 is 1.35 bits per heavy atom. The molecule has 0 bridgehead atoms. The molecule has 2 aromatic rings. The van der Waals surface area contributed by atoms with E-state index in [1.807, 2.05) is 0 Å². The fraction of sp³-hybridized carbons (Fsp3) is 0.176. The summed E-state index contributed by atoms with van der Waals surface area (Å²) in [6.07, 6.45) is 0. The van der Waals surface area contributed by atoms with Crippen LogP contribution in [0.2, 0.25) is 5.02 Å². The molecule has 2 aromatic carbocycles. The van der Waals surface area contributed by atoms with Crippen LogP contribution >= 0.6 is 11.6 Å². The minimum Gasteiger partial charge on any atom is -0.374 e. The summed E-state index contributed by atoms with van der Waals surface area (Å²) in [5.74, 6) is -0.278. The van der Waals surface area contributed by atoms with Crippen LogP contribution in [0.1, 0.15) is 13.8 Å². The van der Waals surface area contributed by atoms with Crippen LogP contribution in [0.25, 0.3) is 0 Å². The molecular formula is C17H18ClN3O2. The van der Waals surface area contributed by atoms with Crippen molar-refractivity contribution >= 4 is 40.5 Å². The van der Waals surface area contributed by atoms with E-state index in [0.717, 1.165) is 5.69 Å². The van der Waals surface area contributed by atoms with Gasteiger partial charge in [-0.05, 0) is 55.5 Å². The van der Waals surface area contributed by atoms with E-state index >= 15 is 0 Å². The van der Waals surface area contributed by atoms with Gasteiger partial charge in [0.2, 0.25) is 11.8 Å². The number of carbonyl (C=O) groups excluding carboxylic acids is 2. The third kappa shape index (κ3) is 5.30. The number of hydrogen-bond acceptors (Lipinski definition) is 3. The molecule has 23 heavy (non-hydrogen) atoms. The second-order valence-electron chi connectivity index (χ2n) is 5.12. The summed E-state index contributed by atoms with van der Waals surface area (Å²) in [5, 5.41) is 9.22. The highest BCUT2D eigenvalue weighted by Crippen LogP contribution is 2.16. The number of benzene rings is 2. The summed E-state index contributed by atoms with van der Waals surface area (Å²) in [7, 11) is 0. The lowest BCUT2D eigenvalue weighted by Crippen LogP contribution is -2.31. The van der Waals surface area contributed by atoms with Gasteiger partial charge in [-0.1, -0.05) is 11.6 Å². The fourth-order valence-corrected chi connectivity index (χ4v) is 2.08. The van der Waals surface area contributed by atoms with Crippen molar-refractivity contribution in [2.45, 2.75) is 19.9 Å². The number of nitrogens with one attached hydrogen (secondary N) is 3. The molecule has 0 aliphatic carbocycles. The Hall–Kier alpha value is -2.53. The van der Waals surface area contributed by atoms with Crippen molar-refractivity contribution in [2.24, 2.45) is 0 Å². The van der Waals surface area contributed by atoms with Gasteiger partial charge in [-0.2, -0.15) is 0 Å². The quantitative estimate of drug-likeness (QED) is 0.781. The van der Waals surface area contributed by atoms with Crippen LogP contribution in [0.4, 0.5) is 17.1 Å². The van der Waals surface area contributed by atoms with E-state index < -0.39 is 6.04 Å². The molecule has 0 saturated carbocycles. The van der Waals surface area contributed by atoms with Gasteiger partial charge in [-0.25, -0.2) is 0 Å². The summed E-state index contributed by atoms with van der Waals surface area (Å²) in [6, 6.07) is 13.7. The third-order valence-corrected chi connectivity index (χ3v) is 3.35. The number of anilines is 3. The lowest BCUT2D eigenvalue weighted by atomic mass is 10.2. The lowest BCUT2D eigenvalue weighted by molar-refractivity contribution is -0.116. The van der Waals surface area contributed by atoms with Crippen LogP contribution < -0.4 is 16.0 Å². The van der Waals surface area contributed by atoms with Crippen molar-refractivity contribution in [1.82, 2.24) is 0 Å². The van der Waals surface area contributed by atoms with E-state index in [9.17, 15) is 9.59 Å². The van der Waals surface area contributed by atoms with Crippen molar-refractivity contribution in [3.63, 3.8) is 0 Å². The van der Waals surface area contributed by atoms with Crippen LogP contribution in [-0.2, 0) is 9.59 Å². The molecule has 0 spiro atoms. The molecule has 1 atom stereocenters. The maximum Gasteiger partial charge on any atom is 0.246 e. The SMILES string of the molecule is CC(=O)Nc1ccc(NC(C)C(=O)Nc2ccc(Cl)cc2)cc1. The molecule has 0 aliphatic heterocycles. The summed E-state index contributed by atoms with van der Waals surface area (Å²) in [5.41, 5.74) is 2.19. The molecule has 120 valence electrons. The molecule has 0 radical (unpaired) electrons. The molecule has 0 saturated heterocycles. The Kier molecular flexibility index (Phi) is 5.60. The zero-order valence-electron chi connectivity index (χ0n) is 12.9. The Labute approximate surface area is 140 Å². The molecule has 2 rings (SSSR count). The number of amides is 2. The molecule has 0 heterocycles. The largest absolute Gasteiger partial charge is 0.374 e. The Morgan fingerprint density at radius 3 is 1.91 bits per heavy atom. The first-order valence-electron chi connectivity index (χ1n) is 7.14. The zero-order chi connectivity index (χ0) is 16.8. The van der Waals surface area contributed by atoms with Gasteiger partial charge >= 0.3 is 0 Å². The fourth-order valence-electron chi connectivity index (χ4n) is 1.95. The van der Waals surface area contributed by atoms with E-state index in [-0.39, 0.29) is 11.8 Å². The van der Waals surface area contributed by atoms with Crippen molar-refractivity contribution in [1.29, 1.82) is 0 Å². The minimum absolute atomic E-state index is 0.124. The zero-order valence-corrected chi connectivity index (χ0v) is 13.6. The topological polar surface area (TPSA) is 70.2 Å². The minimum atomic E-state index is -0.419. The number of rotatable bonds is 5. The molecule has 3 N–H and O–H groups in total. The van der Waals surface area contributed by atoms with Gasteiger partial charge in [0, 0.05) is 29.0 Å². The Morgan fingerprint density at radius 1 is 0.870 bits per heavy atom. The number of carbonyl (C=O) groups is 2. The van der Waals surface area contributed by atoms with Gasteiger partial charge in [0.05, 0.1) is 0 Å². The maximum atomic E-state index is 12.2. The van der Waals surface area contributed by atoms with Crippen LogP contribution in [-0.4, -0.2) is 17.9 Å². The first-order chi connectivity index (χ1) is 10.9. The second-order valence-corrected chi connectivity index (χ2v) is 5.56. The summed E-state index contributed by atoms with van der Waals surface area (Å²) in [4.78, 5) is 23.1. The third-order valence-electron chi connectivity index (χ3n) is 3.09. The maximum absolute atomic E-state index is 12.2. The summed E-state index contributed by atoms with van der Waals surface area (Å²) < 4.78 is 0. The molecule has 1 unspecified atom stereocenters. The summed E-state index contributed by atoms with van der Waals surface area (Å²) >= 11 is 5.81. The lowest BCUT2D eigenvalue weighted by Gasteiger charge is -2.15. The molecule has 0 aromatic heterocycles. The van der Waals surface area contributed by atoms with Crippen molar-refractivity contribution in [3.05, 3.63) is 53.6 Å². The Balaban J connectivity index is 1.92. The van der Waals surface area contributed by atoms with Crippen LogP contribution in [0, 0.1) is 0 Å². The molecule has 0 fully saturated rings. The van der Waals surface area contributed by atoms with E-state index in [4.69, 9.17) is 11.6 Å². The molecular weight excluding hydrogens is 314 g/mol. The number of halogens is 1. The second kappa shape index (κ2) is 7.65. The predicted octanol–water partition coefficient (Wildman–Crippen LogP) is 3.74. The van der Waals surface area contributed by atoms with Crippen molar-refractivity contribution < 1.29 is 9.59 Å². The highest BCUT2D eigenvalue weighted by molar-refractivity contribution is 6.30. The predicted molar refractivity (Wildman–Crippen MR) is 93.9 cm³/mol. The van der Waals surface area contributed by atoms with Gasteiger partial charge in [0.1, 0.15) is 6.04 Å². The highest BCUT2D eigenvalue weighted by atomic mass is 35.5. The first kappa shape index (κ1) is 16.8. The van der Waals surface area contributed by atoms with Crippen LogP contribution in [0.15, 0.2) is 48.5 Å². The Bertz CT molecular complexity index is 684. The summed E-state index contributed by atoms with van der Waals surface area (Å²) in [6.45, 7) is 3.22. The van der Waals surface area contributed by atoms with Gasteiger partial charge in [0.25, 0.3) is 0 Å². The highest BCUT2D eigenvalue weighted by Gasteiger charge is 2.12. The van der Waals surface area contributed by atoms with E-state index in [2.05, 4.69) is 16.0 Å². The standard InChI is InChI=1S/C17H18ClN3O2/c1-11(17(23)21-16-5-3-13(18)4-6-16)19-14-7-9-15(10-8-14)20-12(2)22/h3-11,19H,1-2H3,(H,20,22)(H,21,23). The van der Waals surface area contributed by atoms with Gasteiger partial charge < -0.3 is 16.0 Å². The van der Waals surface area contributed by atoms with E-state index in [1.54, 1.807) is 55.5 Å². The smallest absolute Gasteiger partial charge is 0.246 e.